The van der Waals surface area contributed by atoms with Crippen LogP contribution in [0.15, 0.2) is 30.4 Å². The smallest absolute Gasteiger partial charge is 0.238 e. The van der Waals surface area contributed by atoms with Crippen LogP contribution in [0.25, 0.3) is 0 Å². The summed E-state index contributed by atoms with van der Waals surface area (Å²) in [5.74, 6) is -0.230. The maximum absolute atomic E-state index is 12.9. The molecule has 3 aliphatic rings. The van der Waals surface area contributed by atoms with E-state index in [4.69, 9.17) is 4.74 Å². The van der Waals surface area contributed by atoms with Crippen LogP contribution in [0.2, 0.25) is 0 Å². The number of imide groups is 1. The molecule has 1 aliphatic heterocycles. The molecule has 1 aromatic rings. The summed E-state index contributed by atoms with van der Waals surface area (Å²) in [4.78, 5) is 38.6. The van der Waals surface area contributed by atoms with Crippen LogP contribution >= 0.6 is 0 Å². The molecule has 23 heavy (non-hydrogen) atoms. The Morgan fingerprint density at radius 2 is 1.74 bits per heavy atom. The molecule has 0 spiro atoms. The summed E-state index contributed by atoms with van der Waals surface area (Å²) >= 11 is 0. The molecule has 1 aromatic carbocycles. The zero-order valence-electron chi connectivity index (χ0n) is 13.0. The molecule has 0 aromatic heterocycles. The van der Waals surface area contributed by atoms with Crippen LogP contribution in [-0.2, 0) is 9.59 Å². The van der Waals surface area contributed by atoms with Crippen LogP contribution in [0.3, 0.4) is 0 Å². The van der Waals surface area contributed by atoms with Crippen molar-refractivity contribution in [3.05, 3.63) is 35.9 Å². The molecular formula is C18H17NO4. The van der Waals surface area contributed by atoms with Crippen molar-refractivity contribution in [1.29, 1.82) is 0 Å². The molecule has 2 aliphatic carbocycles. The van der Waals surface area contributed by atoms with E-state index in [0.717, 1.165) is 6.42 Å². The summed E-state index contributed by atoms with van der Waals surface area (Å²) in [7, 11) is 1.49. The van der Waals surface area contributed by atoms with E-state index in [9.17, 15) is 14.4 Å². The van der Waals surface area contributed by atoms with Crippen molar-refractivity contribution >= 4 is 23.3 Å². The number of ether oxygens (including phenoxy) is 1. The van der Waals surface area contributed by atoms with Crippen molar-refractivity contribution in [3.63, 3.8) is 0 Å². The molecule has 1 saturated carbocycles. The molecule has 5 heteroatoms. The number of benzene rings is 1. The number of hydrogen-bond donors (Lipinski definition) is 0. The molecular weight excluding hydrogens is 294 g/mol. The van der Waals surface area contributed by atoms with Crippen LogP contribution in [0.1, 0.15) is 23.7 Å². The first kappa shape index (κ1) is 14.2. The zero-order chi connectivity index (χ0) is 16.3. The lowest BCUT2D eigenvalue weighted by Crippen LogP contribution is -2.33. The number of allylic oxidation sites excluding steroid dienone is 2. The fourth-order valence-electron chi connectivity index (χ4n) is 4.22. The highest BCUT2D eigenvalue weighted by molar-refractivity contribution is 6.23. The molecule has 0 unspecified atom stereocenters. The van der Waals surface area contributed by atoms with E-state index in [1.165, 1.54) is 18.9 Å². The molecule has 1 heterocycles. The second-order valence-electron chi connectivity index (χ2n) is 6.45. The average molecular weight is 311 g/mol. The van der Waals surface area contributed by atoms with Gasteiger partial charge in [0.15, 0.2) is 5.78 Å². The first-order chi connectivity index (χ1) is 11.0. The van der Waals surface area contributed by atoms with Crippen molar-refractivity contribution < 1.29 is 19.1 Å². The number of fused-ring (bicyclic) bond motifs is 5. The highest BCUT2D eigenvalue weighted by atomic mass is 16.5. The Kier molecular flexibility index (Phi) is 2.95. The van der Waals surface area contributed by atoms with Crippen LogP contribution in [0.4, 0.5) is 5.69 Å². The number of ketones is 1. The third-order valence-corrected chi connectivity index (χ3v) is 5.30. The minimum atomic E-state index is -0.261. The van der Waals surface area contributed by atoms with Crippen molar-refractivity contribution in [2.24, 2.45) is 23.7 Å². The monoisotopic (exact) mass is 311 g/mol. The summed E-state index contributed by atoms with van der Waals surface area (Å²) < 4.78 is 5.31. The van der Waals surface area contributed by atoms with Crippen molar-refractivity contribution in [2.45, 2.75) is 13.3 Å². The van der Waals surface area contributed by atoms with E-state index in [1.54, 1.807) is 18.2 Å². The van der Waals surface area contributed by atoms with Crippen LogP contribution in [-0.4, -0.2) is 24.7 Å². The van der Waals surface area contributed by atoms with Crippen LogP contribution < -0.4 is 9.64 Å². The number of amides is 2. The van der Waals surface area contributed by atoms with Gasteiger partial charge in [-0.1, -0.05) is 12.2 Å². The fourth-order valence-corrected chi connectivity index (χ4v) is 4.22. The van der Waals surface area contributed by atoms with Gasteiger partial charge in [0.25, 0.3) is 0 Å². The average Bonchev–Trinajstić information content (AvgIpc) is 3.21. The minimum Gasteiger partial charge on any atom is -0.495 e. The van der Waals surface area contributed by atoms with Gasteiger partial charge >= 0.3 is 0 Å². The topological polar surface area (TPSA) is 63.7 Å². The van der Waals surface area contributed by atoms with E-state index in [2.05, 4.69) is 12.2 Å². The number of carbonyl (C=O) groups excluding carboxylic acids is 3. The molecule has 4 atom stereocenters. The maximum Gasteiger partial charge on any atom is 0.238 e. The second kappa shape index (κ2) is 4.78. The Morgan fingerprint density at radius 1 is 1.13 bits per heavy atom. The number of rotatable bonds is 3. The first-order valence-electron chi connectivity index (χ1n) is 7.78. The van der Waals surface area contributed by atoms with Crippen molar-refractivity contribution in [3.8, 4) is 5.75 Å². The zero-order valence-corrected chi connectivity index (χ0v) is 13.0. The van der Waals surface area contributed by atoms with Crippen molar-refractivity contribution in [2.75, 3.05) is 12.0 Å². The van der Waals surface area contributed by atoms with Gasteiger partial charge < -0.3 is 4.74 Å². The highest BCUT2D eigenvalue weighted by Crippen LogP contribution is 2.53. The quantitative estimate of drug-likeness (QED) is 0.488. The van der Waals surface area contributed by atoms with Gasteiger partial charge in [-0.25, -0.2) is 4.90 Å². The Hall–Kier alpha value is -2.43. The summed E-state index contributed by atoms with van der Waals surface area (Å²) in [6.07, 6.45) is 5.01. The van der Waals surface area contributed by atoms with Gasteiger partial charge in [0.2, 0.25) is 11.8 Å². The van der Waals surface area contributed by atoms with Gasteiger partial charge in [0.1, 0.15) is 5.75 Å². The van der Waals surface area contributed by atoms with Crippen LogP contribution in [0.5, 0.6) is 5.75 Å². The Labute approximate surface area is 133 Å². The Bertz CT molecular complexity index is 736. The predicted molar refractivity (Wildman–Crippen MR) is 83.2 cm³/mol. The number of hydrogen-bond acceptors (Lipinski definition) is 4. The maximum atomic E-state index is 12.9. The Morgan fingerprint density at radius 3 is 2.26 bits per heavy atom. The van der Waals surface area contributed by atoms with Crippen molar-refractivity contribution in [1.82, 2.24) is 0 Å². The van der Waals surface area contributed by atoms with Gasteiger partial charge in [0.05, 0.1) is 24.6 Å². The standard InChI is InChI=1S/C18H17NO4/c1-9(20)10-5-6-14(23-2)13(8-10)19-17(21)15-11-3-4-12(7-11)16(15)18(19)22/h3-6,8,11-12,15-16H,7H2,1-2H3/t11-,12+,15+,16-. The number of anilines is 1. The van der Waals surface area contributed by atoms with Crippen LogP contribution in [0, 0.1) is 23.7 Å². The third kappa shape index (κ3) is 1.82. The fraction of sp³-hybridized carbons (Fsp3) is 0.389. The third-order valence-electron chi connectivity index (χ3n) is 5.30. The second-order valence-corrected chi connectivity index (χ2v) is 6.45. The molecule has 118 valence electrons. The highest BCUT2D eigenvalue weighted by Gasteiger charge is 2.59. The SMILES string of the molecule is COc1ccc(C(C)=O)cc1N1C(=O)[C@@H]2[C@H](C1=O)[C@H]1C=C[C@@H]2C1. The predicted octanol–water partition coefficient (Wildman–Crippen LogP) is 2.21. The van der Waals surface area contributed by atoms with E-state index < -0.39 is 0 Å². The summed E-state index contributed by atoms with van der Waals surface area (Å²) in [6.45, 7) is 1.46. The lowest BCUT2D eigenvalue weighted by molar-refractivity contribution is -0.123. The normalized spacial score (nSPS) is 31.0. The summed E-state index contributed by atoms with van der Waals surface area (Å²) in [6, 6.07) is 4.85. The lowest BCUT2D eigenvalue weighted by atomic mass is 9.85. The molecule has 0 radical (unpaired) electrons. The number of methoxy groups -OCH3 is 1. The molecule has 5 nitrogen and oxygen atoms in total. The number of nitrogens with zero attached hydrogens (tertiary/aromatic N) is 1. The first-order valence-corrected chi connectivity index (χ1v) is 7.78. The lowest BCUT2D eigenvalue weighted by Gasteiger charge is -2.20. The number of Topliss-reactive ketones (excluding diaryl/α,β-unsaturated/α-hetero) is 1. The molecule has 2 amide bonds. The molecule has 0 N–H and O–H groups in total. The van der Waals surface area contributed by atoms with E-state index in [1.807, 2.05) is 0 Å². The van der Waals surface area contributed by atoms with Gasteiger partial charge in [-0.3, -0.25) is 14.4 Å². The van der Waals surface area contributed by atoms with Gasteiger partial charge in [0, 0.05) is 5.56 Å². The molecule has 1 saturated heterocycles. The molecule has 4 rings (SSSR count). The largest absolute Gasteiger partial charge is 0.495 e. The number of carbonyl (C=O) groups is 3. The Balaban J connectivity index is 1.80. The van der Waals surface area contributed by atoms with E-state index >= 15 is 0 Å². The molecule has 2 fully saturated rings. The van der Waals surface area contributed by atoms with E-state index in [-0.39, 0.29) is 41.3 Å². The van der Waals surface area contributed by atoms with Gasteiger partial charge in [-0.15, -0.1) is 0 Å². The van der Waals surface area contributed by atoms with Gasteiger partial charge in [-0.05, 0) is 43.4 Å². The van der Waals surface area contributed by atoms with Gasteiger partial charge in [-0.2, -0.15) is 0 Å². The summed E-state index contributed by atoms with van der Waals surface area (Å²) in [5, 5.41) is 0. The minimum absolute atomic E-state index is 0.116. The molecule has 2 bridgehead atoms. The summed E-state index contributed by atoms with van der Waals surface area (Å²) in [5.41, 5.74) is 0.837. The van der Waals surface area contributed by atoms with E-state index in [0.29, 0.717) is 17.0 Å².